The van der Waals surface area contributed by atoms with Crippen molar-refractivity contribution in [3.05, 3.63) is 23.5 Å². The lowest BCUT2D eigenvalue weighted by Crippen LogP contribution is -2.50. The normalized spacial score (nSPS) is 14.2. The summed E-state index contributed by atoms with van der Waals surface area (Å²) in [4.78, 5) is 27.2. The fourth-order valence-corrected chi connectivity index (χ4v) is 1.56. The second-order valence-electron chi connectivity index (χ2n) is 6.26. The number of nitriles is 1. The third kappa shape index (κ3) is 5.15. The Balaban J connectivity index is 3.08. The van der Waals surface area contributed by atoms with Crippen molar-refractivity contribution in [3.63, 3.8) is 0 Å². The molecule has 0 bridgehead atoms. The van der Waals surface area contributed by atoms with E-state index in [1.807, 2.05) is 5.32 Å². The number of nitrogens with one attached hydrogen (secondary N) is 1. The average Bonchev–Trinajstić information content (AvgIpc) is 2.44. The predicted molar refractivity (Wildman–Crippen MR) is 79.1 cm³/mol. The third-order valence-corrected chi connectivity index (χ3v) is 2.80. The number of hydrogen-bond donors (Lipinski definition) is 2. The van der Waals surface area contributed by atoms with E-state index in [4.69, 9.17) is 10.00 Å². The second kappa shape index (κ2) is 6.68. The Hall–Kier alpha value is -2.67. The van der Waals surface area contributed by atoms with Crippen LogP contribution in [0.25, 0.3) is 0 Å². The average molecular weight is 359 g/mol. The smallest absolute Gasteiger partial charge is 0.419 e. The Labute approximate surface area is 141 Å². The minimum atomic E-state index is -4.87. The lowest BCUT2D eigenvalue weighted by molar-refractivity contribution is -0.177. The molecule has 0 aliphatic rings. The molecule has 1 heterocycles. The van der Waals surface area contributed by atoms with E-state index in [-0.39, 0.29) is 0 Å². The van der Waals surface area contributed by atoms with Gasteiger partial charge >= 0.3 is 12.1 Å². The summed E-state index contributed by atoms with van der Waals surface area (Å²) in [6.07, 6.45) is -4.07. The maximum Gasteiger partial charge on any atom is 0.419 e. The van der Waals surface area contributed by atoms with Gasteiger partial charge in [-0.25, -0.2) is 9.78 Å². The summed E-state index contributed by atoms with van der Waals surface area (Å²) in [6.45, 7) is 5.38. The Morgan fingerprint density at radius 1 is 1.28 bits per heavy atom. The van der Waals surface area contributed by atoms with Crippen molar-refractivity contribution in [2.45, 2.75) is 45.1 Å². The van der Waals surface area contributed by atoms with Crippen LogP contribution in [-0.2, 0) is 20.5 Å². The van der Waals surface area contributed by atoms with Gasteiger partial charge in [0, 0.05) is 0 Å². The van der Waals surface area contributed by atoms with Crippen molar-refractivity contribution in [1.29, 1.82) is 5.26 Å². The van der Waals surface area contributed by atoms with Crippen molar-refractivity contribution in [1.82, 2.24) is 4.98 Å². The number of halogens is 3. The summed E-state index contributed by atoms with van der Waals surface area (Å²) < 4.78 is 43.5. The zero-order chi connectivity index (χ0) is 19.6. The number of carbonyl (C=O) groups is 2. The molecule has 1 aromatic heterocycles. The van der Waals surface area contributed by atoms with E-state index < -0.39 is 46.2 Å². The highest BCUT2D eigenvalue weighted by Gasteiger charge is 2.43. The molecule has 0 spiro atoms. The maximum atomic E-state index is 12.9. The van der Waals surface area contributed by atoms with Gasteiger partial charge in [-0.15, -0.1) is 0 Å². The molecule has 0 radical (unpaired) electrons. The van der Waals surface area contributed by atoms with E-state index in [0.29, 0.717) is 6.07 Å². The van der Waals surface area contributed by atoms with Crippen LogP contribution in [0.3, 0.4) is 0 Å². The van der Waals surface area contributed by atoms with E-state index in [9.17, 15) is 27.9 Å². The highest BCUT2D eigenvalue weighted by atomic mass is 19.4. The summed E-state index contributed by atoms with van der Waals surface area (Å²) in [6, 6.07) is 1.77. The first-order chi connectivity index (χ1) is 11.2. The number of aliphatic hydroxyl groups is 1. The molecule has 0 aromatic carbocycles. The number of pyridine rings is 1. The quantitative estimate of drug-likeness (QED) is 0.631. The largest absolute Gasteiger partial charge is 0.457 e. The highest BCUT2D eigenvalue weighted by Crippen LogP contribution is 2.32. The van der Waals surface area contributed by atoms with Crippen LogP contribution in [-0.4, -0.2) is 33.2 Å². The Kier molecular flexibility index (Phi) is 5.44. The highest BCUT2D eigenvalue weighted by molar-refractivity contribution is 6.11. The zero-order valence-corrected chi connectivity index (χ0v) is 13.9. The van der Waals surface area contributed by atoms with Gasteiger partial charge in [0.1, 0.15) is 11.7 Å². The van der Waals surface area contributed by atoms with E-state index >= 15 is 0 Å². The topological polar surface area (TPSA) is 112 Å². The molecule has 1 rings (SSSR count). The molecular weight excluding hydrogens is 343 g/mol. The zero-order valence-electron chi connectivity index (χ0n) is 13.9. The van der Waals surface area contributed by atoms with Gasteiger partial charge in [-0.1, -0.05) is 0 Å². The van der Waals surface area contributed by atoms with Gasteiger partial charge in [0.2, 0.25) is 5.60 Å². The number of carbonyl (C=O) groups excluding carboxylic acids is 2. The summed E-state index contributed by atoms with van der Waals surface area (Å²) in [5.41, 5.74) is -6.30. The molecule has 1 amide bonds. The third-order valence-electron chi connectivity index (χ3n) is 2.80. The molecule has 25 heavy (non-hydrogen) atoms. The number of amides is 1. The van der Waals surface area contributed by atoms with Crippen LogP contribution in [0.2, 0.25) is 0 Å². The van der Waals surface area contributed by atoms with Gasteiger partial charge in [-0.05, 0) is 33.8 Å². The number of nitrogens with zero attached hydrogens (tertiary/aromatic N) is 2. The van der Waals surface area contributed by atoms with Gasteiger partial charge in [-0.3, -0.25) is 4.79 Å². The fourth-order valence-electron chi connectivity index (χ4n) is 1.56. The van der Waals surface area contributed by atoms with Crippen LogP contribution in [0.15, 0.2) is 12.3 Å². The standard InChI is InChI=1S/C15H16F3N3O4/c1-13(2,3)25-12(23)14(4,24)11(22)21-8-5-9(15(16,17)18)10(6-19)20-7-8/h5,7,24H,1-4H3,(H,21,22). The van der Waals surface area contributed by atoms with Crippen LogP contribution in [0.1, 0.15) is 39.0 Å². The van der Waals surface area contributed by atoms with E-state index in [0.717, 1.165) is 13.1 Å². The number of esters is 1. The first-order valence-electron chi connectivity index (χ1n) is 6.93. The van der Waals surface area contributed by atoms with Crippen molar-refractivity contribution in [2.24, 2.45) is 0 Å². The molecule has 136 valence electrons. The van der Waals surface area contributed by atoms with Gasteiger partial charge in [-0.2, -0.15) is 18.4 Å². The fraction of sp³-hybridized carbons (Fsp3) is 0.467. The monoisotopic (exact) mass is 359 g/mol. The minimum absolute atomic E-state index is 0.444. The van der Waals surface area contributed by atoms with Crippen LogP contribution >= 0.6 is 0 Å². The molecule has 10 heteroatoms. The molecule has 0 aliphatic heterocycles. The van der Waals surface area contributed by atoms with Crippen molar-refractivity contribution in [2.75, 3.05) is 5.32 Å². The van der Waals surface area contributed by atoms with Crippen molar-refractivity contribution >= 4 is 17.6 Å². The first kappa shape index (κ1) is 20.4. The molecular formula is C15H16F3N3O4. The molecule has 0 fully saturated rings. The summed E-state index contributed by atoms with van der Waals surface area (Å²) in [5.74, 6) is -2.57. The molecule has 7 nitrogen and oxygen atoms in total. The van der Waals surface area contributed by atoms with E-state index in [1.165, 1.54) is 26.8 Å². The Morgan fingerprint density at radius 2 is 1.84 bits per heavy atom. The Bertz CT molecular complexity index is 731. The second-order valence-corrected chi connectivity index (χ2v) is 6.26. The SMILES string of the molecule is CC(C)(C)OC(=O)C(C)(O)C(=O)Nc1cnc(C#N)c(C(F)(F)F)c1. The summed E-state index contributed by atoms with van der Waals surface area (Å²) in [5, 5.41) is 20.6. The number of rotatable bonds is 3. The number of hydrogen-bond acceptors (Lipinski definition) is 6. The number of anilines is 1. The molecule has 1 aromatic rings. The molecule has 0 saturated carbocycles. The lowest BCUT2D eigenvalue weighted by Gasteiger charge is -2.26. The number of ether oxygens (including phenoxy) is 1. The minimum Gasteiger partial charge on any atom is -0.457 e. The van der Waals surface area contributed by atoms with Crippen LogP contribution in [0.5, 0.6) is 0 Å². The number of aromatic nitrogens is 1. The molecule has 1 atom stereocenters. The van der Waals surface area contributed by atoms with Crippen LogP contribution in [0.4, 0.5) is 18.9 Å². The van der Waals surface area contributed by atoms with Crippen molar-refractivity contribution in [3.8, 4) is 6.07 Å². The predicted octanol–water partition coefficient (Wildman–Crippen LogP) is 2.00. The first-order valence-corrected chi connectivity index (χ1v) is 6.93. The van der Waals surface area contributed by atoms with E-state index in [2.05, 4.69) is 4.98 Å². The van der Waals surface area contributed by atoms with Gasteiger partial charge in [0.25, 0.3) is 5.91 Å². The van der Waals surface area contributed by atoms with Crippen LogP contribution < -0.4 is 5.32 Å². The lowest BCUT2D eigenvalue weighted by atomic mass is 10.1. The van der Waals surface area contributed by atoms with Crippen molar-refractivity contribution < 1.29 is 32.6 Å². The van der Waals surface area contributed by atoms with Gasteiger partial charge in [0.15, 0.2) is 5.69 Å². The summed E-state index contributed by atoms with van der Waals surface area (Å²) in [7, 11) is 0. The van der Waals surface area contributed by atoms with E-state index in [1.54, 1.807) is 0 Å². The van der Waals surface area contributed by atoms with Crippen LogP contribution in [0, 0.1) is 11.3 Å². The van der Waals surface area contributed by atoms with Gasteiger partial charge in [0.05, 0.1) is 17.4 Å². The molecule has 2 N–H and O–H groups in total. The maximum absolute atomic E-state index is 12.9. The summed E-state index contributed by atoms with van der Waals surface area (Å²) >= 11 is 0. The molecule has 0 saturated heterocycles. The Morgan fingerprint density at radius 3 is 2.28 bits per heavy atom. The van der Waals surface area contributed by atoms with Gasteiger partial charge < -0.3 is 15.2 Å². The molecule has 1 unspecified atom stereocenters. The number of alkyl halides is 3. The molecule has 0 aliphatic carbocycles.